The Labute approximate surface area is 125 Å². The summed E-state index contributed by atoms with van der Waals surface area (Å²) in [6.07, 6.45) is 4.20. The first-order valence-electron chi connectivity index (χ1n) is 7.51. The van der Waals surface area contributed by atoms with Gasteiger partial charge in [-0.05, 0) is 67.9 Å². The Morgan fingerprint density at radius 3 is 3.05 bits per heavy atom. The Kier molecular flexibility index (Phi) is 4.15. The lowest BCUT2D eigenvalue weighted by atomic mass is 9.92. The molecule has 0 aliphatic carbocycles. The zero-order chi connectivity index (χ0) is 14.7. The molecule has 0 radical (unpaired) electrons. The Bertz CT molecular complexity index is 567. The summed E-state index contributed by atoms with van der Waals surface area (Å²) < 4.78 is 1.67. The summed E-state index contributed by atoms with van der Waals surface area (Å²) in [5.74, 6) is 0.695. The first-order valence-corrected chi connectivity index (χ1v) is 7.51. The van der Waals surface area contributed by atoms with Crippen molar-refractivity contribution in [3.63, 3.8) is 0 Å². The fourth-order valence-corrected chi connectivity index (χ4v) is 3.01. The van der Waals surface area contributed by atoms with E-state index in [2.05, 4.69) is 51.8 Å². The highest BCUT2D eigenvalue weighted by Crippen LogP contribution is 2.22. The number of aromatic nitrogens is 4. The van der Waals surface area contributed by atoms with Crippen molar-refractivity contribution < 1.29 is 0 Å². The van der Waals surface area contributed by atoms with E-state index in [0.29, 0.717) is 12.0 Å². The molecular weight excluding hydrogens is 264 g/mol. The molecule has 3 rings (SSSR count). The summed E-state index contributed by atoms with van der Waals surface area (Å²) >= 11 is 0. The van der Waals surface area contributed by atoms with Gasteiger partial charge in [-0.15, -0.1) is 5.10 Å². The van der Waals surface area contributed by atoms with Crippen molar-refractivity contribution in [3.05, 3.63) is 30.6 Å². The molecule has 1 aliphatic rings. The number of nitrogens with one attached hydrogen (secondary N) is 1. The van der Waals surface area contributed by atoms with Gasteiger partial charge in [-0.2, -0.15) is 0 Å². The van der Waals surface area contributed by atoms with Gasteiger partial charge in [-0.25, -0.2) is 4.68 Å². The predicted octanol–water partition coefficient (Wildman–Crippen LogP) is 1.80. The maximum Gasteiger partial charge on any atom is 0.143 e. The first-order chi connectivity index (χ1) is 10.2. The third-order valence-electron chi connectivity index (χ3n) is 4.22. The Balaban J connectivity index is 1.68. The van der Waals surface area contributed by atoms with Crippen LogP contribution in [0.1, 0.15) is 19.8 Å². The van der Waals surface area contributed by atoms with Gasteiger partial charge in [0, 0.05) is 18.3 Å². The quantitative estimate of drug-likeness (QED) is 0.929. The van der Waals surface area contributed by atoms with Crippen molar-refractivity contribution >= 4 is 5.69 Å². The molecule has 0 bridgehead atoms. The molecule has 0 spiro atoms. The van der Waals surface area contributed by atoms with Gasteiger partial charge >= 0.3 is 0 Å². The minimum Gasteiger partial charge on any atom is -0.382 e. The van der Waals surface area contributed by atoms with Crippen LogP contribution in [-0.2, 0) is 0 Å². The molecule has 1 aromatic carbocycles. The number of nitrogens with zero attached hydrogens (tertiary/aromatic N) is 5. The average Bonchev–Trinajstić information content (AvgIpc) is 3.02. The smallest absolute Gasteiger partial charge is 0.143 e. The van der Waals surface area contributed by atoms with Gasteiger partial charge in [0.15, 0.2) is 0 Å². The third-order valence-corrected chi connectivity index (χ3v) is 4.22. The fraction of sp³-hybridized carbons (Fsp3) is 0.533. The second-order valence-electron chi connectivity index (χ2n) is 5.90. The van der Waals surface area contributed by atoms with Crippen LogP contribution in [-0.4, -0.2) is 51.3 Å². The molecule has 21 heavy (non-hydrogen) atoms. The van der Waals surface area contributed by atoms with E-state index in [-0.39, 0.29) is 0 Å². The standard InChI is InChI=1S/C15H22N6/c1-12(13-5-4-8-20(2)10-13)17-14-6-3-7-15(9-14)21-11-16-18-19-21/h3,6-7,9,11-13,17H,4-5,8,10H2,1-2H3. The van der Waals surface area contributed by atoms with E-state index in [9.17, 15) is 0 Å². The molecule has 112 valence electrons. The summed E-state index contributed by atoms with van der Waals surface area (Å²) in [6.45, 7) is 4.66. The van der Waals surface area contributed by atoms with Gasteiger partial charge in [0.05, 0.1) is 5.69 Å². The third kappa shape index (κ3) is 3.39. The predicted molar refractivity (Wildman–Crippen MR) is 82.5 cm³/mol. The maximum absolute atomic E-state index is 3.93. The molecule has 2 atom stereocenters. The van der Waals surface area contributed by atoms with Crippen molar-refractivity contribution in [2.75, 3.05) is 25.5 Å². The number of anilines is 1. The van der Waals surface area contributed by atoms with E-state index in [1.807, 2.05) is 12.1 Å². The van der Waals surface area contributed by atoms with Crippen LogP contribution in [0.25, 0.3) is 5.69 Å². The summed E-state index contributed by atoms with van der Waals surface area (Å²) in [5.41, 5.74) is 2.08. The van der Waals surface area contributed by atoms with Crippen molar-refractivity contribution in [1.82, 2.24) is 25.1 Å². The fourth-order valence-electron chi connectivity index (χ4n) is 3.01. The molecular formula is C15H22N6. The number of benzene rings is 1. The average molecular weight is 286 g/mol. The summed E-state index contributed by atoms with van der Waals surface area (Å²) in [4.78, 5) is 2.42. The lowest BCUT2D eigenvalue weighted by molar-refractivity contribution is 0.197. The molecule has 1 aromatic heterocycles. The van der Waals surface area contributed by atoms with Crippen molar-refractivity contribution in [2.45, 2.75) is 25.8 Å². The van der Waals surface area contributed by atoms with Gasteiger partial charge < -0.3 is 10.2 Å². The maximum atomic E-state index is 3.93. The Morgan fingerprint density at radius 1 is 1.38 bits per heavy atom. The van der Waals surface area contributed by atoms with Crippen LogP contribution in [0.3, 0.4) is 0 Å². The van der Waals surface area contributed by atoms with Crippen LogP contribution < -0.4 is 5.32 Å². The van der Waals surface area contributed by atoms with E-state index < -0.39 is 0 Å². The summed E-state index contributed by atoms with van der Waals surface area (Å²) in [5, 5.41) is 14.9. The van der Waals surface area contributed by atoms with Gasteiger partial charge in [0.1, 0.15) is 6.33 Å². The molecule has 2 aromatic rings. The number of hydrogen-bond acceptors (Lipinski definition) is 5. The monoisotopic (exact) mass is 286 g/mol. The zero-order valence-electron chi connectivity index (χ0n) is 12.6. The van der Waals surface area contributed by atoms with Crippen LogP contribution in [0.5, 0.6) is 0 Å². The van der Waals surface area contributed by atoms with Gasteiger partial charge in [-0.1, -0.05) is 6.07 Å². The molecule has 1 fully saturated rings. The molecule has 1 saturated heterocycles. The largest absolute Gasteiger partial charge is 0.382 e. The molecule has 0 amide bonds. The molecule has 6 heteroatoms. The lowest BCUT2D eigenvalue weighted by Crippen LogP contribution is -2.39. The van der Waals surface area contributed by atoms with Crippen LogP contribution in [0.4, 0.5) is 5.69 Å². The summed E-state index contributed by atoms with van der Waals surface area (Å²) in [7, 11) is 2.21. The Morgan fingerprint density at radius 2 is 2.29 bits per heavy atom. The molecule has 6 nitrogen and oxygen atoms in total. The number of hydrogen-bond donors (Lipinski definition) is 1. The zero-order valence-corrected chi connectivity index (χ0v) is 12.6. The first kappa shape index (κ1) is 14.0. The van der Waals surface area contributed by atoms with Crippen LogP contribution in [0.2, 0.25) is 0 Å². The SMILES string of the molecule is CC(Nc1cccc(-n2cnnn2)c1)C1CCCN(C)C1. The second kappa shape index (κ2) is 6.22. The van der Waals surface area contributed by atoms with E-state index in [1.165, 1.54) is 25.9 Å². The normalized spacial score (nSPS) is 21.1. The van der Waals surface area contributed by atoms with E-state index in [0.717, 1.165) is 11.4 Å². The van der Waals surface area contributed by atoms with Gasteiger partial charge in [0.2, 0.25) is 0 Å². The number of piperidine rings is 1. The second-order valence-corrected chi connectivity index (χ2v) is 5.90. The van der Waals surface area contributed by atoms with Crippen LogP contribution in [0, 0.1) is 5.92 Å². The summed E-state index contributed by atoms with van der Waals surface area (Å²) in [6, 6.07) is 8.66. The molecule has 2 heterocycles. The number of rotatable bonds is 4. The molecule has 0 saturated carbocycles. The van der Waals surface area contributed by atoms with Gasteiger partial charge in [-0.3, -0.25) is 0 Å². The minimum absolute atomic E-state index is 0.455. The Hall–Kier alpha value is -1.95. The molecule has 1 aliphatic heterocycles. The molecule has 1 N–H and O–H groups in total. The van der Waals surface area contributed by atoms with Crippen LogP contribution in [0.15, 0.2) is 30.6 Å². The van der Waals surface area contributed by atoms with E-state index in [4.69, 9.17) is 0 Å². The highest BCUT2D eigenvalue weighted by atomic mass is 15.5. The van der Waals surface area contributed by atoms with Crippen molar-refractivity contribution in [2.24, 2.45) is 5.92 Å². The van der Waals surface area contributed by atoms with Crippen molar-refractivity contribution in [3.8, 4) is 5.69 Å². The topological polar surface area (TPSA) is 58.9 Å². The van der Waals surface area contributed by atoms with Gasteiger partial charge in [0.25, 0.3) is 0 Å². The highest BCUT2D eigenvalue weighted by Gasteiger charge is 2.22. The molecule has 2 unspecified atom stereocenters. The lowest BCUT2D eigenvalue weighted by Gasteiger charge is -2.34. The van der Waals surface area contributed by atoms with Crippen LogP contribution >= 0.6 is 0 Å². The highest BCUT2D eigenvalue weighted by molar-refractivity contribution is 5.51. The van der Waals surface area contributed by atoms with E-state index >= 15 is 0 Å². The van der Waals surface area contributed by atoms with E-state index in [1.54, 1.807) is 11.0 Å². The van der Waals surface area contributed by atoms with Crippen molar-refractivity contribution in [1.29, 1.82) is 0 Å². The minimum atomic E-state index is 0.455. The number of tetrazole rings is 1. The number of likely N-dealkylation sites (tertiary alicyclic amines) is 1.